The van der Waals surface area contributed by atoms with E-state index in [9.17, 15) is 4.79 Å². The molecule has 4 nitrogen and oxygen atoms in total. The summed E-state index contributed by atoms with van der Waals surface area (Å²) in [5, 5.41) is 0.821. The molecule has 0 aromatic carbocycles. The zero-order valence-corrected chi connectivity index (χ0v) is 20.6. The third-order valence-electron chi connectivity index (χ3n) is 5.09. The molecule has 1 saturated heterocycles. The maximum absolute atomic E-state index is 11.2. The van der Waals surface area contributed by atoms with Crippen LogP contribution in [-0.4, -0.2) is 30.2 Å². The normalized spacial score (nSPS) is 15.8. The van der Waals surface area contributed by atoms with Crippen molar-refractivity contribution >= 4 is 27.6 Å². The number of carbonyl (C=O) groups excluding carboxylic acids is 1. The van der Waals surface area contributed by atoms with Gasteiger partial charge in [0.15, 0.2) is 0 Å². The molecule has 1 atom stereocenters. The second kappa shape index (κ2) is 19.1. The molecule has 0 aromatic heterocycles. The van der Waals surface area contributed by atoms with E-state index in [0.29, 0.717) is 18.8 Å². The molecule has 1 heterocycles. The number of allylic oxidation sites excluding steroid dienone is 1. The third-order valence-corrected chi connectivity index (χ3v) is 8.10. The van der Waals surface area contributed by atoms with E-state index in [1.807, 2.05) is 21.6 Å². The number of rotatable bonds is 20. The summed E-state index contributed by atoms with van der Waals surface area (Å²) in [4.78, 5) is 21.8. The largest absolute Gasteiger partial charge is 0.462 e. The minimum Gasteiger partial charge on any atom is -0.462 e. The molecular weight excluding hydrogens is 416 g/mol. The fourth-order valence-electron chi connectivity index (χ4n) is 3.22. The summed E-state index contributed by atoms with van der Waals surface area (Å²) >= 11 is 0. The molecule has 6 heteroatoms. The van der Waals surface area contributed by atoms with Crippen LogP contribution in [0.3, 0.4) is 0 Å². The van der Waals surface area contributed by atoms with Crippen LogP contribution < -0.4 is 0 Å². The molecule has 30 heavy (non-hydrogen) atoms. The molecule has 1 rings (SSSR count). The molecule has 0 amide bonds. The summed E-state index contributed by atoms with van der Waals surface area (Å²) in [6.07, 6.45) is 16.6. The van der Waals surface area contributed by atoms with E-state index in [-0.39, 0.29) is 5.97 Å². The topological polar surface area (TPSA) is 44.8 Å². The van der Waals surface area contributed by atoms with Crippen molar-refractivity contribution in [2.75, 3.05) is 19.0 Å². The standard InChI is InChI=1S/C24H42O4S2/c1-21(2)24(25)26-18-12-10-8-6-4-5-7-9-11-13-19-27-28-22(3)15-14-16-23-17-20-29-30-23/h23H,1,3-20H2,2H3. The van der Waals surface area contributed by atoms with Crippen LogP contribution in [0.15, 0.2) is 24.5 Å². The Kier molecular flexibility index (Phi) is 17.5. The maximum atomic E-state index is 11.2. The first-order chi connectivity index (χ1) is 14.6. The average Bonchev–Trinajstić information content (AvgIpc) is 3.24. The highest BCUT2D eigenvalue weighted by molar-refractivity contribution is 8.77. The lowest BCUT2D eigenvalue weighted by molar-refractivity contribution is -0.264. The summed E-state index contributed by atoms with van der Waals surface area (Å²) < 4.78 is 5.09. The number of unbranched alkanes of at least 4 members (excludes halogenated alkanes) is 9. The quantitative estimate of drug-likeness (QED) is 0.0353. The average molecular weight is 459 g/mol. The third kappa shape index (κ3) is 16.1. The fourth-order valence-corrected chi connectivity index (χ4v) is 6.25. The van der Waals surface area contributed by atoms with Crippen LogP contribution >= 0.6 is 21.6 Å². The number of carbonyl (C=O) groups is 1. The first-order valence-corrected chi connectivity index (χ1v) is 14.1. The second-order valence-corrected chi connectivity index (χ2v) is 10.9. The van der Waals surface area contributed by atoms with Crippen molar-refractivity contribution in [1.82, 2.24) is 0 Å². The lowest BCUT2D eigenvalue weighted by Crippen LogP contribution is -2.05. The van der Waals surface area contributed by atoms with Crippen molar-refractivity contribution in [2.45, 2.75) is 102 Å². The Hall–Kier alpha value is -0.590. The number of hydrogen-bond donors (Lipinski definition) is 0. The van der Waals surface area contributed by atoms with E-state index in [4.69, 9.17) is 14.5 Å². The van der Waals surface area contributed by atoms with Gasteiger partial charge in [0, 0.05) is 23.0 Å². The van der Waals surface area contributed by atoms with Crippen molar-refractivity contribution in [3.05, 3.63) is 24.5 Å². The summed E-state index contributed by atoms with van der Waals surface area (Å²) in [6.45, 7) is 10.4. The van der Waals surface area contributed by atoms with Gasteiger partial charge in [-0.15, -0.1) is 0 Å². The van der Waals surface area contributed by atoms with Gasteiger partial charge in [0.1, 0.15) is 5.76 Å². The summed E-state index contributed by atoms with van der Waals surface area (Å²) in [5.74, 6) is 1.79. The van der Waals surface area contributed by atoms with E-state index >= 15 is 0 Å². The number of esters is 1. The zero-order chi connectivity index (χ0) is 21.9. The highest BCUT2D eigenvalue weighted by Gasteiger charge is 2.15. The van der Waals surface area contributed by atoms with Gasteiger partial charge in [-0.1, -0.05) is 86.1 Å². The van der Waals surface area contributed by atoms with Crippen LogP contribution in [0.1, 0.15) is 96.8 Å². The highest BCUT2D eigenvalue weighted by Crippen LogP contribution is 2.40. The van der Waals surface area contributed by atoms with Crippen molar-refractivity contribution in [2.24, 2.45) is 0 Å². The first kappa shape index (κ1) is 27.4. The number of ether oxygens (including phenoxy) is 1. The van der Waals surface area contributed by atoms with Gasteiger partial charge in [0.25, 0.3) is 0 Å². The van der Waals surface area contributed by atoms with Crippen LogP contribution in [0.4, 0.5) is 0 Å². The zero-order valence-electron chi connectivity index (χ0n) is 19.0. The van der Waals surface area contributed by atoms with Gasteiger partial charge in [0.2, 0.25) is 0 Å². The monoisotopic (exact) mass is 458 g/mol. The molecule has 0 spiro atoms. The van der Waals surface area contributed by atoms with Crippen LogP contribution in [-0.2, 0) is 19.3 Å². The molecule has 1 aliphatic rings. The van der Waals surface area contributed by atoms with Gasteiger partial charge < -0.3 is 9.62 Å². The Balaban J connectivity index is 1.72. The lowest BCUT2D eigenvalue weighted by atomic mass is 10.1. The molecule has 0 saturated carbocycles. The first-order valence-electron chi connectivity index (χ1n) is 11.7. The van der Waals surface area contributed by atoms with Crippen molar-refractivity contribution in [1.29, 1.82) is 0 Å². The predicted octanol–water partition coefficient (Wildman–Crippen LogP) is 7.79. The molecule has 0 aromatic rings. The number of hydrogen-bond acceptors (Lipinski definition) is 6. The Labute approximate surface area is 192 Å². The van der Waals surface area contributed by atoms with Crippen LogP contribution in [0.25, 0.3) is 0 Å². The Morgan fingerprint density at radius 1 is 0.900 bits per heavy atom. The molecule has 174 valence electrons. The van der Waals surface area contributed by atoms with E-state index in [1.54, 1.807) is 6.92 Å². The van der Waals surface area contributed by atoms with Gasteiger partial charge in [-0.25, -0.2) is 4.79 Å². The molecule has 0 aliphatic carbocycles. The predicted molar refractivity (Wildman–Crippen MR) is 130 cm³/mol. The van der Waals surface area contributed by atoms with E-state index in [0.717, 1.165) is 43.1 Å². The van der Waals surface area contributed by atoms with E-state index in [2.05, 4.69) is 13.2 Å². The summed E-state index contributed by atoms with van der Waals surface area (Å²) in [7, 11) is 4.03. The van der Waals surface area contributed by atoms with Gasteiger partial charge in [-0.2, -0.15) is 4.89 Å². The van der Waals surface area contributed by atoms with Crippen LogP contribution in [0, 0.1) is 0 Å². The molecule has 0 N–H and O–H groups in total. The molecule has 0 bridgehead atoms. The van der Waals surface area contributed by atoms with Gasteiger partial charge in [0.05, 0.1) is 13.2 Å². The summed E-state index contributed by atoms with van der Waals surface area (Å²) in [5.41, 5.74) is 0.475. The highest BCUT2D eigenvalue weighted by atomic mass is 33.1. The molecule has 1 fully saturated rings. The summed E-state index contributed by atoms with van der Waals surface area (Å²) in [6, 6.07) is 0. The Morgan fingerprint density at radius 3 is 2.07 bits per heavy atom. The molecule has 0 radical (unpaired) electrons. The molecule has 1 unspecified atom stereocenters. The maximum Gasteiger partial charge on any atom is 0.333 e. The second-order valence-electron chi connectivity index (χ2n) is 8.12. The van der Waals surface area contributed by atoms with Crippen molar-refractivity contribution in [3.8, 4) is 0 Å². The Bertz CT molecular complexity index is 476. The van der Waals surface area contributed by atoms with Crippen LogP contribution in [0.2, 0.25) is 0 Å². The van der Waals surface area contributed by atoms with Crippen molar-refractivity contribution < 1.29 is 19.3 Å². The molecular formula is C24H42O4S2. The van der Waals surface area contributed by atoms with Crippen molar-refractivity contribution in [3.63, 3.8) is 0 Å². The molecule has 1 aliphatic heterocycles. The van der Waals surface area contributed by atoms with Gasteiger partial charge in [-0.3, -0.25) is 0 Å². The SMILES string of the molecule is C=C(CCCC1CCSS1)OOCCCCCCCCCCCCOC(=O)C(=C)C. The Morgan fingerprint density at radius 2 is 1.50 bits per heavy atom. The van der Waals surface area contributed by atoms with Gasteiger partial charge >= 0.3 is 5.97 Å². The minimum absolute atomic E-state index is 0.273. The van der Waals surface area contributed by atoms with E-state index in [1.165, 1.54) is 63.5 Å². The van der Waals surface area contributed by atoms with Gasteiger partial charge in [-0.05, 0) is 39.0 Å². The fraction of sp³-hybridized carbons (Fsp3) is 0.792. The van der Waals surface area contributed by atoms with Crippen LogP contribution in [0.5, 0.6) is 0 Å². The van der Waals surface area contributed by atoms with E-state index < -0.39 is 0 Å². The lowest BCUT2D eigenvalue weighted by Gasteiger charge is -2.09. The minimum atomic E-state index is -0.273. The smallest absolute Gasteiger partial charge is 0.333 e.